The molecule has 8 N–H and O–H groups in total. The lowest BCUT2D eigenvalue weighted by molar-refractivity contribution is -0.432. The summed E-state index contributed by atoms with van der Waals surface area (Å²) in [6.45, 7) is -0.0560. The van der Waals surface area contributed by atoms with E-state index < -0.39 is 36.6 Å². The summed E-state index contributed by atoms with van der Waals surface area (Å²) >= 11 is 1.01. The van der Waals surface area contributed by atoms with Gasteiger partial charge in [-0.15, -0.1) is 18.9 Å². The molecule has 274 valence electrons. The van der Waals surface area contributed by atoms with E-state index in [1.807, 2.05) is 0 Å². The monoisotopic (exact) mass is 796 g/mol. The van der Waals surface area contributed by atoms with Crippen molar-refractivity contribution in [3.8, 4) is 11.5 Å². The predicted molar refractivity (Wildman–Crippen MR) is 185 cm³/mol. The van der Waals surface area contributed by atoms with E-state index in [4.69, 9.17) is 16.4 Å². The standard InChI is InChI=1S/C28H24N6O14S4/c29-44-51(39,40)8-7-30-17-3-1-16-10-25(50-48-46-38)27(28(36)22(16)11-17)34-33-23-6-5-19(13-24(23)35)32-31-18-4-2-15-9-20(49-47-45-37)14-26(21(15)12-18)52(41,42)43/h1-6,9-14,30,35-38H,7-8,29H2,(H,41,42,43)/b32-31+,34-33+. The fourth-order valence-corrected chi connectivity index (χ4v) is 6.77. The van der Waals surface area contributed by atoms with Gasteiger partial charge in [0.2, 0.25) is 0 Å². The van der Waals surface area contributed by atoms with Gasteiger partial charge in [0.05, 0.1) is 46.1 Å². The molecule has 5 aromatic rings. The van der Waals surface area contributed by atoms with Gasteiger partial charge in [0, 0.05) is 34.0 Å². The topological polar surface area (TPSA) is 303 Å². The van der Waals surface area contributed by atoms with E-state index in [1.54, 1.807) is 12.1 Å². The van der Waals surface area contributed by atoms with Crippen LogP contribution in [0.1, 0.15) is 0 Å². The largest absolute Gasteiger partial charge is 0.506 e. The lowest BCUT2D eigenvalue weighted by Crippen LogP contribution is -2.20. The summed E-state index contributed by atoms with van der Waals surface area (Å²) in [4.78, 5) is -0.116. The quantitative estimate of drug-likeness (QED) is 0.0174. The van der Waals surface area contributed by atoms with Gasteiger partial charge in [-0.3, -0.25) is 4.55 Å². The molecule has 0 aromatic heterocycles. The molecule has 0 fully saturated rings. The minimum atomic E-state index is -4.70. The van der Waals surface area contributed by atoms with Crippen molar-refractivity contribution in [2.24, 2.45) is 26.4 Å². The van der Waals surface area contributed by atoms with Crippen LogP contribution in [-0.2, 0) is 43.3 Å². The summed E-state index contributed by atoms with van der Waals surface area (Å²) < 4.78 is 69.7. The first-order valence-corrected chi connectivity index (χ1v) is 18.5. The molecule has 52 heavy (non-hydrogen) atoms. The van der Waals surface area contributed by atoms with Crippen LogP contribution in [0, 0.1) is 0 Å². The third kappa shape index (κ3) is 9.66. The molecule has 0 aliphatic rings. The molecule has 5 rings (SSSR count). The molecule has 0 saturated heterocycles. The number of hydrogen-bond acceptors (Lipinski definition) is 21. The fraction of sp³-hybridized carbons (Fsp3) is 0.0714. The first kappa shape index (κ1) is 38.7. The van der Waals surface area contributed by atoms with Crippen molar-refractivity contribution < 1.29 is 65.1 Å². The number of benzene rings is 5. The van der Waals surface area contributed by atoms with Gasteiger partial charge in [0.1, 0.15) is 22.0 Å². The normalized spacial score (nSPS) is 12.5. The zero-order chi connectivity index (χ0) is 37.5. The highest BCUT2D eigenvalue weighted by Gasteiger charge is 2.18. The van der Waals surface area contributed by atoms with E-state index in [0.717, 1.165) is 6.07 Å². The number of aromatic hydroxyl groups is 2. The average molecular weight is 797 g/mol. The molecule has 0 unspecified atom stereocenters. The van der Waals surface area contributed by atoms with Crippen LogP contribution in [0.3, 0.4) is 0 Å². The van der Waals surface area contributed by atoms with Gasteiger partial charge in [-0.2, -0.15) is 37.2 Å². The number of nitrogens with zero attached hydrogens (tertiary/aromatic N) is 4. The van der Waals surface area contributed by atoms with Crippen LogP contribution in [0.5, 0.6) is 11.5 Å². The van der Waals surface area contributed by atoms with Gasteiger partial charge >= 0.3 is 0 Å². The molecule has 0 aliphatic heterocycles. The van der Waals surface area contributed by atoms with Crippen LogP contribution < -0.4 is 11.2 Å². The highest BCUT2D eigenvalue weighted by atomic mass is 32.2. The lowest BCUT2D eigenvalue weighted by atomic mass is 10.1. The maximum Gasteiger partial charge on any atom is 0.295 e. The maximum atomic E-state index is 12.1. The Bertz CT molecular complexity index is 2400. The Balaban J connectivity index is 1.40. The summed E-state index contributed by atoms with van der Waals surface area (Å²) in [5.41, 5.74) is 0.583. The Hall–Kier alpha value is -4.54. The molecule has 0 spiro atoms. The summed E-state index contributed by atoms with van der Waals surface area (Å²) in [7, 11) is -8.61. The molecule has 0 aliphatic carbocycles. The Morgan fingerprint density at radius 2 is 1.42 bits per heavy atom. The molecule has 0 saturated carbocycles. The van der Waals surface area contributed by atoms with E-state index in [0.29, 0.717) is 40.5 Å². The molecule has 24 heteroatoms. The highest BCUT2D eigenvalue weighted by Crippen LogP contribution is 2.45. The second kappa shape index (κ2) is 16.9. The van der Waals surface area contributed by atoms with Crippen molar-refractivity contribution in [3.63, 3.8) is 0 Å². The van der Waals surface area contributed by atoms with E-state index in [9.17, 15) is 31.6 Å². The second-order valence-electron chi connectivity index (χ2n) is 10.1. The average Bonchev–Trinajstić information content (AvgIpc) is 3.11. The Morgan fingerprint density at radius 1 is 0.750 bits per heavy atom. The second-order valence-corrected chi connectivity index (χ2v) is 14.7. The maximum absolute atomic E-state index is 12.1. The van der Waals surface area contributed by atoms with Gasteiger partial charge in [-0.25, -0.2) is 10.5 Å². The minimum absolute atomic E-state index is 0.0553. The molecule has 0 bridgehead atoms. The number of nitrogens with two attached hydrogens (primary N) is 1. The van der Waals surface area contributed by atoms with Crippen LogP contribution in [0.4, 0.5) is 28.4 Å². The zero-order valence-corrected chi connectivity index (χ0v) is 29.0. The lowest BCUT2D eigenvalue weighted by Gasteiger charge is -2.11. The predicted octanol–water partition coefficient (Wildman–Crippen LogP) is 6.97. The van der Waals surface area contributed by atoms with Gasteiger partial charge in [-0.1, -0.05) is 22.2 Å². The number of rotatable bonds is 16. The summed E-state index contributed by atoms with van der Waals surface area (Å²) in [6, 6.07) is 17.3. The third-order valence-corrected chi connectivity index (χ3v) is 9.91. The Kier molecular flexibility index (Phi) is 12.5. The molecule has 0 heterocycles. The van der Waals surface area contributed by atoms with E-state index >= 15 is 0 Å². The van der Waals surface area contributed by atoms with Crippen LogP contribution in [0.25, 0.3) is 21.5 Å². The first-order chi connectivity index (χ1) is 24.8. The smallest absolute Gasteiger partial charge is 0.295 e. The summed E-state index contributed by atoms with van der Waals surface area (Å²) in [5.74, 6) is 3.55. The highest BCUT2D eigenvalue weighted by molar-refractivity contribution is 7.95. The van der Waals surface area contributed by atoms with Crippen molar-refractivity contribution in [3.05, 3.63) is 72.8 Å². The van der Waals surface area contributed by atoms with E-state index in [1.165, 1.54) is 54.6 Å². The van der Waals surface area contributed by atoms with Crippen LogP contribution >= 0.6 is 24.1 Å². The van der Waals surface area contributed by atoms with Crippen LogP contribution in [-0.4, -0.2) is 54.4 Å². The third-order valence-electron chi connectivity index (χ3n) is 6.84. The van der Waals surface area contributed by atoms with Crippen molar-refractivity contribution >= 4 is 94.3 Å². The fourth-order valence-electron chi connectivity index (χ4n) is 4.57. The number of phenolic OH excluding ortho intramolecular Hbond substituents is 2. The van der Waals surface area contributed by atoms with Crippen LogP contribution in [0.2, 0.25) is 0 Å². The number of nitrogens with one attached hydrogen (secondary N) is 1. The van der Waals surface area contributed by atoms with Crippen molar-refractivity contribution in [1.82, 2.24) is 0 Å². The molecule has 0 atom stereocenters. The molecule has 5 aromatic carbocycles. The van der Waals surface area contributed by atoms with Crippen molar-refractivity contribution in [1.29, 1.82) is 0 Å². The van der Waals surface area contributed by atoms with Crippen molar-refractivity contribution in [2.75, 3.05) is 17.6 Å². The van der Waals surface area contributed by atoms with Gasteiger partial charge in [0.25, 0.3) is 20.2 Å². The van der Waals surface area contributed by atoms with Gasteiger partial charge < -0.3 is 15.5 Å². The van der Waals surface area contributed by atoms with E-state index in [-0.39, 0.29) is 55.6 Å². The number of fused-ring (bicyclic) bond motifs is 2. The molecular formula is C28H24N6O14S4. The number of anilines is 1. The van der Waals surface area contributed by atoms with Gasteiger partial charge in [0.15, 0.2) is 5.75 Å². The Labute approximate surface area is 301 Å². The number of phenols is 2. The van der Waals surface area contributed by atoms with Crippen LogP contribution in [0.15, 0.2) is 108 Å². The summed E-state index contributed by atoms with van der Waals surface area (Å²) in [5, 5.41) is 66.5. The first-order valence-electron chi connectivity index (χ1n) is 14.0. The minimum Gasteiger partial charge on any atom is -0.506 e. The SMILES string of the molecule is NOS(=O)(=O)CCNc1ccc2cc(SOOO)c(/N=N/c3ccc(/N=N/c4ccc5cc(SOOO)cc(S(=O)(=O)O)c5c4)cc3O)c(O)c2c1. The Morgan fingerprint density at radius 3 is 2.12 bits per heavy atom. The number of azo groups is 2. The van der Waals surface area contributed by atoms with Crippen molar-refractivity contribution in [2.45, 2.75) is 14.7 Å². The summed E-state index contributed by atoms with van der Waals surface area (Å²) in [6.07, 6.45) is 0. The number of hydrogen-bond donors (Lipinski definition) is 7. The molecular weight excluding hydrogens is 773 g/mol. The molecule has 20 nitrogen and oxygen atoms in total. The zero-order valence-electron chi connectivity index (χ0n) is 25.8. The van der Waals surface area contributed by atoms with E-state index in [2.05, 4.69) is 48.8 Å². The molecule has 0 amide bonds. The molecule has 0 radical (unpaired) electrons. The van der Waals surface area contributed by atoms with Gasteiger partial charge in [-0.05, 0) is 65.4 Å².